The number of aromatic nitrogens is 1. The predicted octanol–water partition coefficient (Wildman–Crippen LogP) is 7.00. The minimum Gasteiger partial charge on any atom is -0.371 e. The maximum absolute atomic E-state index is 12.4. The lowest BCUT2D eigenvalue weighted by Gasteiger charge is -2.43. The van der Waals surface area contributed by atoms with Crippen molar-refractivity contribution < 1.29 is 4.79 Å². The molecule has 0 radical (unpaired) electrons. The van der Waals surface area contributed by atoms with Gasteiger partial charge in [0.05, 0.1) is 0 Å². The van der Waals surface area contributed by atoms with Crippen LogP contribution in [0.4, 0.5) is 5.69 Å². The first-order chi connectivity index (χ1) is 16.0. The normalized spacial score (nSPS) is 17.5. The molecule has 1 aliphatic heterocycles. The van der Waals surface area contributed by atoms with Crippen molar-refractivity contribution in [2.24, 2.45) is 11.3 Å². The quantitative estimate of drug-likeness (QED) is 0.472. The molecule has 1 aromatic carbocycles. The van der Waals surface area contributed by atoms with E-state index >= 15 is 0 Å². The zero-order chi connectivity index (χ0) is 23.5. The van der Waals surface area contributed by atoms with Crippen LogP contribution in [0.1, 0.15) is 94.5 Å². The number of carbonyl (C=O) groups is 1. The minimum absolute atomic E-state index is 0.0353. The second-order valence-electron chi connectivity index (χ2n) is 10.1. The number of pyridine rings is 1. The summed E-state index contributed by atoms with van der Waals surface area (Å²) >= 11 is 0. The molecule has 4 rings (SSSR count). The van der Waals surface area contributed by atoms with Crippen LogP contribution in [0.2, 0.25) is 0 Å². The highest BCUT2D eigenvalue weighted by Gasteiger charge is 2.32. The van der Waals surface area contributed by atoms with Crippen LogP contribution >= 0.6 is 0 Å². The molecular formula is C29H43N3O. The first kappa shape index (κ1) is 25.3. The molecule has 0 unspecified atom stereocenters. The van der Waals surface area contributed by atoms with Gasteiger partial charge in [-0.15, -0.1) is 0 Å². The van der Waals surface area contributed by atoms with Crippen LogP contribution in [0.3, 0.4) is 0 Å². The van der Waals surface area contributed by atoms with Gasteiger partial charge in [0.25, 0.3) is 5.91 Å². The zero-order valence-electron chi connectivity index (χ0n) is 21.0. The lowest BCUT2D eigenvalue weighted by atomic mass is 9.72. The van der Waals surface area contributed by atoms with Gasteiger partial charge in [-0.1, -0.05) is 52.9 Å². The standard InChI is InChI=1S/C24H33N3O.C5H10/c1-3-11-24(12-4-2)13-17-27(18-14-24)22-7-5-21(6-8-22)23(28)26-19-20-9-15-25-16-10-20;1-5-3-2-4-5/h5-10,15-16H,3-4,11-14,17-19H2,1-2H3,(H,26,28);5H,2-4H2,1H3. The Morgan fingerprint density at radius 1 is 1.00 bits per heavy atom. The highest BCUT2D eigenvalue weighted by molar-refractivity contribution is 5.94. The van der Waals surface area contributed by atoms with Crippen molar-refractivity contribution in [1.29, 1.82) is 0 Å². The van der Waals surface area contributed by atoms with Crippen molar-refractivity contribution in [3.8, 4) is 0 Å². The first-order valence-electron chi connectivity index (χ1n) is 13.1. The summed E-state index contributed by atoms with van der Waals surface area (Å²) in [5.74, 6) is 1.03. The molecule has 1 saturated heterocycles. The number of amides is 1. The summed E-state index contributed by atoms with van der Waals surface area (Å²) in [7, 11) is 0. The Hall–Kier alpha value is -2.36. The van der Waals surface area contributed by atoms with Gasteiger partial charge >= 0.3 is 0 Å². The number of hydrogen-bond donors (Lipinski definition) is 1. The van der Waals surface area contributed by atoms with Crippen molar-refractivity contribution >= 4 is 11.6 Å². The molecule has 1 aliphatic carbocycles. The molecule has 2 aliphatic rings. The predicted molar refractivity (Wildman–Crippen MR) is 139 cm³/mol. The van der Waals surface area contributed by atoms with Crippen LogP contribution in [0, 0.1) is 11.3 Å². The van der Waals surface area contributed by atoms with Crippen LogP contribution in [0.15, 0.2) is 48.8 Å². The smallest absolute Gasteiger partial charge is 0.251 e. The summed E-state index contributed by atoms with van der Waals surface area (Å²) < 4.78 is 0. The summed E-state index contributed by atoms with van der Waals surface area (Å²) in [5.41, 5.74) is 3.54. The Morgan fingerprint density at radius 3 is 2.06 bits per heavy atom. The van der Waals surface area contributed by atoms with Gasteiger partial charge in [-0.2, -0.15) is 0 Å². The number of anilines is 1. The van der Waals surface area contributed by atoms with Crippen molar-refractivity contribution in [3.05, 3.63) is 59.9 Å². The molecule has 2 aromatic rings. The summed E-state index contributed by atoms with van der Waals surface area (Å²) in [5, 5.41) is 2.97. The van der Waals surface area contributed by atoms with Crippen LogP contribution in [-0.2, 0) is 6.54 Å². The largest absolute Gasteiger partial charge is 0.371 e. The number of benzene rings is 1. The van der Waals surface area contributed by atoms with Gasteiger partial charge in [0.15, 0.2) is 0 Å². The Labute approximate surface area is 201 Å². The summed E-state index contributed by atoms with van der Waals surface area (Å²) in [4.78, 5) is 18.9. The summed E-state index contributed by atoms with van der Waals surface area (Å²) in [6.07, 6.45) is 15.8. The average molecular weight is 450 g/mol. The Balaban J connectivity index is 0.000000541. The number of piperidine rings is 1. The van der Waals surface area contributed by atoms with Crippen LogP contribution in [0.5, 0.6) is 0 Å². The van der Waals surface area contributed by atoms with Gasteiger partial charge in [0, 0.05) is 43.3 Å². The highest BCUT2D eigenvalue weighted by atomic mass is 16.1. The fourth-order valence-electron chi connectivity index (χ4n) is 5.15. The Kier molecular flexibility index (Phi) is 9.77. The summed E-state index contributed by atoms with van der Waals surface area (Å²) in [6.45, 7) is 9.68. The number of hydrogen-bond acceptors (Lipinski definition) is 3. The molecule has 2 heterocycles. The highest BCUT2D eigenvalue weighted by Crippen LogP contribution is 2.41. The zero-order valence-corrected chi connectivity index (χ0v) is 21.0. The number of carbonyl (C=O) groups excluding carboxylic acids is 1. The van der Waals surface area contributed by atoms with E-state index in [0.717, 1.165) is 24.6 Å². The number of rotatable bonds is 8. The van der Waals surface area contributed by atoms with E-state index in [9.17, 15) is 4.79 Å². The fraction of sp³-hybridized carbons (Fsp3) is 0.586. The van der Waals surface area contributed by atoms with E-state index in [2.05, 4.69) is 48.1 Å². The van der Waals surface area contributed by atoms with E-state index in [1.54, 1.807) is 12.4 Å². The van der Waals surface area contributed by atoms with Crippen molar-refractivity contribution in [1.82, 2.24) is 10.3 Å². The molecule has 33 heavy (non-hydrogen) atoms. The fourth-order valence-corrected chi connectivity index (χ4v) is 5.15. The van der Waals surface area contributed by atoms with Crippen molar-refractivity contribution in [2.75, 3.05) is 18.0 Å². The van der Waals surface area contributed by atoms with E-state index in [4.69, 9.17) is 0 Å². The molecule has 1 aromatic heterocycles. The molecule has 2 fully saturated rings. The molecule has 0 atom stereocenters. The Morgan fingerprint density at radius 2 is 1.58 bits per heavy atom. The molecular weight excluding hydrogens is 406 g/mol. The van der Waals surface area contributed by atoms with Gasteiger partial charge in [0.1, 0.15) is 0 Å². The molecule has 180 valence electrons. The third kappa shape index (κ3) is 7.58. The molecule has 4 nitrogen and oxygen atoms in total. The lowest BCUT2D eigenvalue weighted by Crippen LogP contribution is -2.40. The van der Waals surface area contributed by atoms with E-state index in [1.807, 2.05) is 24.3 Å². The van der Waals surface area contributed by atoms with Gasteiger partial charge in [-0.25, -0.2) is 0 Å². The third-order valence-electron chi connectivity index (χ3n) is 7.48. The minimum atomic E-state index is -0.0353. The second kappa shape index (κ2) is 12.8. The molecule has 1 amide bonds. The lowest BCUT2D eigenvalue weighted by molar-refractivity contribution is 0.0951. The van der Waals surface area contributed by atoms with Gasteiger partial charge in [0.2, 0.25) is 0 Å². The number of nitrogens with one attached hydrogen (secondary N) is 1. The third-order valence-corrected chi connectivity index (χ3v) is 7.48. The van der Waals surface area contributed by atoms with Crippen LogP contribution in [-0.4, -0.2) is 24.0 Å². The molecule has 4 heteroatoms. The first-order valence-corrected chi connectivity index (χ1v) is 13.1. The van der Waals surface area contributed by atoms with Crippen molar-refractivity contribution in [3.63, 3.8) is 0 Å². The summed E-state index contributed by atoms with van der Waals surface area (Å²) in [6, 6.07) is 11.9. The molecule has 1 N–H and O–H groups in total. The maximum Gasteiger partial charge on any atom is 0.251 e. The Bertz CT molecular complexity index is 814. The molecule has 1 saturated carbocycles. The van der Waals surface area contributed by atoms with Crippen LogP contribution in [0.25, 0.3) is 0 Å². The van der Waals surface area contributed by atoms with E-state index in [0.29, 0.717) is 17.5 Å². The SMILES string of the molecule is CC1CCC1.CCCC1(CCC)CCN(c2ccc(C(=O)NCc3ccncc3)cc2)CC1. The monoisotopic (exact) mass is 449 g/mol. The average Bonchev–Trinajstić information content (AvgIpc) is 2.83. The van der Waals surface area contributed by atoms with Gasteiger partial charge in [-0.05, 0) is 79.0 Å². The van der Waals surface area contributed by atoms with E-state index < -0.39 is 0 Å². The topological polar surface area (TPSA) is 45.2 Å². The van der Waals surface area contributed by atoms with Gasteiger partial charge in [-0.3, -0.25) is 9.78 Å². The van der Waals surface area contributed by atoms with E-state index in [-0.39, 0.29) is 5.91 Å². The van der Waals surface area contributed by atoms with Crippen molar-refractivity contribution in [2.45, 2.75) is 85.1 Å². The molecule has 0 spiro atoms. The second-order valence-corrected chi connectivity index (χ2v) is 10.1. The van der Waals surface area contributed by atoms with E-state index in [1.165, 1.54) is 63.5 Å². The molecule has 0 bridgehead atoms. The van der Waals surface area contributed by atoms with Gasteiger partial charge < -0.3 is 10.2 Å². The van der Waals surface area contributed by atoms with Crippen LogP contribution < -0.4 is 10.2 Å². The number of nitrogens with zero attached hydrogens (tertiary/aromatic N) is 2. The maximum atomic E-state index is 12.4.